The number of sulfonamides is 1. The molecule has 0 saturated carbocycles. The summed E-state index contributed by atoms with van der Waals surface area (Å²) in [7, 11) is -1.96. The van der Waals surface area contributed by atoms with Crippen LogP contribution in [0.25, 0.3) is 0 Å². The van der Waals surface area contributed by atoms with E-state index in [0.29, 0.717) is 5.69 Å². The topological polar surface area (TPSA) is 66.5 Å². The number of rotatable bonds is 3. The van der Waals surface area contributed by atoms with Gasteiger partial charge in [0.1, 0.15) is 0 Å². The van der Waals surface area contributed by atoms with E-state index in [1.807, 2.05) is 6.07 Å². The Balaban J connectivity index is 1.94. The summed E-state index contributed by atoms with van der Waals surface area (Å²) < 4.78 is 27.2. The molecule has 6 heteroatoms. The van der Waals surface area contributed by atoms with Gasteiger partial charge in [-0.15, -0.1) is 0 Å². The smallest absolute Gasteiger partial charge is 0.261 e. The number of hydrogen-bond donors (Lipinski definition) is 1. The molecule has 0 bridgehead atoms. The third-order valence-electron chi connectivity index (χ3n) is 3.46. The highest BCUT2D eigenvalue weighted by Gasteiger charge is 2.26. The molecule has 1 aliphatic rings. The highest BCUT2D eigenvalue weighted by atomic mass is 32.2. The summed E-state index contributed by atoms with van der Waals surface area (Å²) in [4.78, 5) is 13.3. The molecular weight excluding hydrogens is 288 g/mol. The summed E-state index contributed by atoms with van der Waals surface area (Å²) in [5.74, 6) is -0.0319. The molecule has 1 aliphatic heterocycles. The first kappa shape index (κ1) is 13.6. The Bertz CT molecular complexity index is 801. The van der Waals surface area contributed by atoms with Crippen LogP contribution < -0.4 is 9.62 Å². The van der Waals surface area contributed by atoms with E-state index in [1.165, 1.54) is 11.0 Å². The van der Waals surface area contributed by atoms with E-state index in [-0.39, 0.29) is 17.2 Å². The molecule has 2 aromatic rings. The second-order valence-corrected chi connectivity index (χ2v) is 6.57. The molecule has 108 valence electrons. The minimum atomic E-state index is -3.65. The van der Waals surface area contributed by atoms with Gasteiger partial charge in [-0.3, -0.25) is 9.52 Å². The molecule has 0 radical (unpaired) electrons. The summed E-state index contributed by atoms with van der Waals surface area (Å²) in [6.45, 7) is 0. The zero-order valence-electron chi connectivity index (χ0n) is 11.4. The molecule has 0 fully saturated rings. The summed E-state index contributed by atoms with van der Waals surface area (Å²) in [5.41, 5.74) is 2.00. The normalized spacial score (nSPS) is 14.1. The van der Waals surface area contributed by atoms with Crippen molar-refractivity contribution in [2.75, 3.05) is 16.7 Å². The third-order valence-corrected chi connectivity index (χ3v) is 4.84. The van der Waals surface area contributed by atoms with Crippen molar-refractivity contribution in [1.29, 1.82) is 0 Å². The fraction of sp³-hybridized carbons (Fsp3) is 0.133. The van der Waals surface area contributed by atoms with Crippen molar-refractivity contribution < 1.29 is 13.2 Å². The van der Waals surface area contributed by atoms with Gasteiger partial charge in [0.15, 0.2) is 0 Å². The molecule has 0 unspecified atom stereocenters. The number of amides is 1. The van der Waals surface area contributed by atoms with E-state index in [1.54, 1.807) is 43.4 Å². The quantitative estimate of drug-likeness (QED) is 0.943. The fourth-order valence-corrected chi connectivity index (χ4v) is 3.44. The summed E-state index contributed by atoms with van der Waals surface area (Å²) in [6, 6.07) is 13.4. The van der Waals surface area contributed by atoms with Gasteiger partial charge in [0.25, 0.3) is 10.0 Å². The lowest BCUT2D eigenvalue weighted by Gasteiger charge is -2.11. The standard InChI is InChI=1S/C15H14N2O3S/c1-17-14-8-7-13(9-11(14)10-15(17)18)21(19,20)16-12-5-3-2-4-6-12/h2-9,16H,10H2,1H3. The van der Waals surface area contributed by atoms with Crippen LogP contribution in [0, 0.1) is 0 Å². The van der Waals surface area contributed by atoms with Crippen LogP contribution in [0.4, 0.5) is 11.4 Å². The maximum Gasteiger partial charge on any atom is 0.261 e. The number of hydrogen-bond acceptors (Lipinski definition) is 3. The molecule has 3 rings (SSSR count). The Morgan fingerprint density at radius 1 is 1.10 bits per heavy atom. The lowest BCUT2D eigenvalue weighted by atomic mass is 10.2. The second kappa shape index (κ2) is 4.89. The van der Waals surface area contributed by atoms with Gasteiger partial charge in [0.05, 0.1) is 11.3 Å². The number of nitrogens with one attached hydrogen (secondary N) is 1. The van der Waals surface area contributed by atoms with Gasteiger partial charge in [-0.2, -0.15) is 0 Å². The van der Waals surface area contributed by atoms with Crippen molar-refractivity contribution >= 4 is 27.3 Å². The van der Waals surface area contributed by atoms with Gasteiger partial charge in [-0.1, -0.05) is 18.2 Å². The average molecular weight is 302 g/mol. The Hall–Kier alpha value is -2.34. The van der Waals surface area contributed by atoms with Crippen molar-refractivity contribution in [1.82, 2.24) is 0 Å². The van der Waals surface area contributed by atoms with Gasteiger partial charge in [-0.05, 0) is 35.9 Å². The number of fused-ring (bicyclic) bond motifs is 1. The zero-order valence-corrected chi connectivity index (χ0v) is 12.2. The second-order valence-electron chi connectivity index (χ2n) is 4.89. The molecule has 0 aromatic heterocycles. The van der Waals surface area contributed by atoms with Crippen molar-refractivity contribution in [2.45, 2.75) is 11.3 Å². The van der Waals surface area contributed by atoms with Crippen LogP contribution in [0.15, 0.2) is 53.4 Å². The number of likely N-dealkylation sites (N-methyl/N-ethyl adjacent to an activating group) is 1. The molecule has 0 aliphatic carbocycles. The number of nitrogens with zero attached hydrogens (tertiary/aromatic N) is 1. The van der Waals surface area contributed by atoms with Gasteiger partial charge in [0.2, 0.25) is 5.91 Å². The Morgan fingerprint density at radius 3 is 2.52 bits per heavy atom. The van der Waals surface area contributed by atoms with Crippen LogP contribution in [-0.4, -0.2) is 21.4 Å². The fourth-order valence-electron chi connectivity index (χ4n) is 2.33. The maximum atomic E-state index is 12.4. The number of carbonyl (C=O) groups is 1. The highest BCUT2D eigenvalue weighted by Crippen LogP contribution is 2.30. The van der Waals surface area contributed by atoms with Crippen molar-refractivity contribution in [2.24, 2.45) is 0 Å². The van der Waals surface area contributed by atoms with Gasteiger partial charge < -0.3 is 4.90 Å². The monoisotopic (exact) mass is 302 g/mol. The maximum absolute atomic E-state index is 12.4. The number of carbonyl (C=O) groups excluding carboxylic acids is 1. The molecule has 0 atom stereocenters. The van der Waals surface area contributed by atoms with Crippen LogP contribution in [0.5, 0.6) is 0 Å². The van der Waals surface area contributed by atoms with Crippen LogP contribution in [0.2, 0.25) is 0 Å². The number of benzene rings is 2. The van der Waals surface area contributed by atoms with Crippen LogP contribution in [0.3, 0.4) is 0 Å². The first-order valence-electron chi connectivity index (χ1n) is 6.45. The molecule has 1 amide bonds. The Labute approximate surface area is 123 Å². The molecule has 1 N–H and O–H groups in total. The van der Waals surface area contributed by atoms with Crippen LogP contribution in [-0.2, 0) is 21.2 Å². The predicted octanol–water partition coefficient (Wildman–Crippen LogP) is 2.01. The van der Waals surface area contributed by atoms with Crippen molar-refractivity contribution in [3.8, 4) is 0 Å². The summed E-state index contributed by atoms with van der Waals surface area (Å²) in [6.07, 6.45) is 0.237. The van der Waals surface area contributed by atoms with Gasteiger partial charge >= 0.3 is 0 Å². The van der Waals surface area contributed by atoms with E-state index >= 15 is 0 Å². The lowest BCUT2D eigenvalue weighted by molar-refractivity contribution is -0.117. The first-order chi connectivity index (χ1) is 9.97. The van der Waals surface area contributed by atoms with Crippen molar-refractivity contribution in [3.05, 3.63) is 54.1 Å². The van der Waals surface area contributed by atoms with E-state index < -0.39 is 10.0 Å². The molecule has 0 spiro atoms. The Kier molecular flexibility index (Phi) is 3.17. The molecule has 21 heavy (non-hydrogen) atoms. The summed E-state index contributed by atoms with van der Waals surface area (Å²) in [5, 5.41) is 0. The number of para-hydroxylation sites is 1. The van der Waals surface area contributed by atoms with E-state index in [0.717, 1.165) is 11.3 Å². The Morgan fingerprint density at radius 2 is 1.81 bits per heavy atom. The van der Waals surface area contributed by atoms with Crippen LogP contribution in [0.1, 0.15) is 5.56 Å². The largest absolute Gasteiger partial charge is 0.315 e. The predicted molar refractivity (Wildman–Crippen MR) is 80.8 cm³/mol. The lowest BCUT2D eigenvalue weighted by Crippen LogP contribution is -2.20. The SMILES string of the molecule is CN1C(=O)Cc2cc(S(=O)(=O)Nc3ccccc3)ccc21. The van der Waals surface area contributed by atoms with E-state index in [2.05, 4.69) is 4.72 Å². The zero-order chi connectivity index (χ0) is 15.0. The van der Waals surface area contributed by atoms with Gasteiger partial charge in [0, 0.05) is 18.4 Å². The summed E-state index contributed by atoms with van der Waals surface area (Å²) >= 11 is 0. The molecule has 2 aromatic carbocycles. The van der Waals surface area contributed by atoms with Crippen molar-refractivity contribution in [3.63, 3.8) is 0 Å². The minimum Gasteiger partial charge on any atom is -0.315 e. The minimum absolute atomic E-state index is 0.0319. The molecule has 0 saturated heterocycles. The van der Waals surface area contributed by atoms with Crippen LogP contribution >= 0.6 is 0 Å². The highest BCUT2D eigenvalue weighted by molar-refractivity contribution is 7.92. The van der Waals surface area contributed by atoms with E-state index in [4.69, 9.17) is 0 Å². The third kappa shape index (κ3) is 2.50. The van der Waals surface area contributed by atoms with Gasteiger partial charge in [-0.25, -0.2) is 8.42 Å². The average Bonchev–Trinajstić information content (AvgIpc) is 2.74. The van der Waals surface area contributed by atoms with E-state index in [9.17, 15) is 13.2 Å². The molecule has 5 nitrogen and oxygen atoms in total. The number of anilines is 2. The molecular formula is C15H14N2O3S. The first-order valence-corrected chi connectivity index (χ1v) is 7.93. The molecule has 1 heterocycles.